The normalized spacial score (nSPS) is 11.9. The minimum absolute atomic E-state index is 0.0879. The van der Waals surface area contributed by atoms with Crippen LogP contribution in [0.5, 0.6) is 0 Å². The number of carbonyl (C=O) groups is 2. The van der Waals surface area contributed by atoms with E-state index in [1.165, 1.54) is 12.1 Å². The van der Waals surface area contributed by atoms with Gasteiger partial charge in [-0.3, -0.25) is 0 Å². The molecule has 2 aromatic rings. The molecule has 0 saturated heterocycles. The first kappa shape index (κ1) is 14.6. The number of carboxylic acids is 1. The Morgan fingerprint density at radius 1 is 1.48 bits per heavy atom. The Morgan fingerprint density at radius 2 is 2.24 bits per heavy atom. The summed E-state index contributed by atoms with van der Waals surface area (Å²) < 4.78 is 6.73. The summed E-state index contributed by atoms with van der Waals surface area (Å²) >= 11 is 0. The molecule has 112 valence electrons. The molecule has 2 heterocycles. The predicted octanol–water partition coefficient (Wildman–Crippen LogP) is 0.667. The van der Waals surface area contributed by atoms with E-state index in [1.807, 2.05) is 0 Å². The van der Waals surface area contributed by atoms with Gasteiger partial charge in [-0.25, -0.2) is 9.59 Å². The maximum absolute atomic E-state index is 11.7. The minimum atomic E-state index is -1.15. The molecule has 1 atom stereocenters. The number of nitrogens with one attached hydrogen (secondary N) is 2. The van der Waals surface area contributed by atoms with Crippen molar-refractivity contribution in [1.29, 1.82) is 0 Å². The first-order valence-corrected chi connectivity index (χ1v) is 6.17. The van der Waals surface area contributed by atoms with E-state index < -0.39 is 12.0 Å². The van der Waals surface area contributed by atoms with Crippen molar-refractivity contribution in [2.75, 3.05) is 0 Å². The lowest BCUT2D eigenvalue weighted by Gasteiger charge is -2.13. The molecule has 21 heavy (non-hydrogen) atoms. The standard InChI is InChI=1S/C12H15N5O4/c1-7(10-16-14-6-17(10)2)15-12(20)13-5-8-3-4-9(21-8)11(18)19/h3-4,6-7H,5H2,1-2H3,(H,18,19)(H2,13,15,20). The fraction of sp³-hybridized carbons (Fsp3) is 0.333. The molecule has 0 aliphatic heterocycles. The molecule has 3 N–H and O–H groups in total. The van der Waals surface area contributed by atoms with Gasteiger partial charge in [0.25, 0.3) is 0 Å². The third kappa shape index (κ3) is 3.59. The number of hydrogen-bond donors (Lipinski definition) is 3. The Bertz CT molecular complexity index is 648. The van der Waals surface area contributed by atoms with Gasteiger partial charge >= 0.3 is 12.0 Å². The van der Waals surface area contributed by atoms with Crippen LogP contribution in [0.1, 0.15) is 35.1 Å². The van der Waals surface area contributed by atoms with Crippen LogP contribution < -0.4 is 10.6 Å². The summed E-state index contributed by atoms with van der Waals surface area (Å²) in [7, 11) is 1.78. The van der Waals surface area contributed by atoms with E-state index >= 15 is 0 Å². The third-order valence-electron chi connectivity index (χ3n) is 2.78. The van der Waals surface area contributed by atoms with Crippen LogP contribution >= 0.6 is 0 Å². The highest BCUT2D eigenvalue weighted by molar-refractivity contribution is 5.84. The molecular formula is C12H15N5O4. The maximum Gasteiger partial charge on any atom is 0.371 e. The second-order valence-electron chi connectivity index (χ2n) is 4.42. The SMILES string of the molecule is CC(NC(=O)NCc1ccc(C(=O)O)o1)c1nncn1C. The van der Waals surface area contributed by atoms with Crippen molar-refractivity contribution < 1.29 is 19.1 Å². The van der Waals surface area contributed by atoms with Crippen LogP contribution in [0.4, 0.5) is 4.79 Å². The molecule has 1 unspecified atom stereocenters. The molecule has 0 aliphatic rings. The number of carboxylic acid groups (broad SMARTS) is 1. The fourth-order valence-electron chi connectivity index (χ4n) is 1.75. The zero-order chi connectivity index (χ0) is 15.4. The molecule has 9 heteroatoms. The van der Waals surface area contributed by atoms with Crippen LogP contribution in [-0.2, 0) is 13.6 Å². The molecule has 0 aromatic carbocycles. The number of urea groups is 1. The van der Waals surface area contributed by atoms with Crippen molar-refractivity contribution in [3.05, 3.63) is 35.8 Å². The second kappa shape index (κ2) is 6.07. The number of aryl methyl sites for hydroxylation is 1. The number of amides is 2. The summed E-state index contributed by atoms with van der Waals surface area (Å²) in [5, 5.41) is 21.6. The maximum atomic E-state index is 11.7. The molecule has 9 nitrogen and oxygen atoms in total. The van der Waals surface area contributed by atoms with Gasteiger partial charge in [-0.1, -0.05) is 0 Å². The van der Waals surface area contributed by atoms with Crippen LogP contribution in [0, 0.1) is 0 Å². The number of rotatable bonds is 5. The van der Waals surface area contributed by atoms with Crippen LogP contribution in [0.25, 0.3) is 0 Å². The van der Waals surface area contributed by atoms with Gasteiger partial charge in [-0.15, -0.1) is 10.2 Å². The number of carbonyl (C=O) groups excluding carboxylic acids is 1. The van der Waals surface area contributed by atoms with Crippen LogP contribution in [-0.4, -0.2) is 31.9 Å². The van der Waals surface area contributed by atoms with E-state index in [1.54, 1.807) is 24.9 Å². The number of hydrogen-bond acceptors (Lipinski definition) is 5. The van der Waals surface area contributed by atoms with Gasteiger partial charge in [0.2, 0.25) is 5.76 Å². The predicted molar refractivity (Wildman–Crippen MR) is 70.5 cm³/mol. The lowest BCUT2D eigenvalue weighted by atomic mass is 10.3. The van der Waals surface area contributed by atoms with Gasteiger partial charge in [0, 0.05) is 7.05 Å². The summed E-state index contributed by atoms with van der Waals surface area (Å²) in [5.74, 6) is -0.341. The smallest absolute Gasteiger partial charge is 0.371 e. The highest BCUT2D eigenvalue weighted by atomic mass is 16.4. The lowest BCUT2D eigenvalue weighted by Crippen LogP contribution is -2.37. The van der Waals surface area contributed by atoms with E-state index in [9.17, 15) is 9.59 Å². The molecule has 2 amide bonds. The monoisotopic (exact) mass is 293 g/mol. The molecular weight excluding hydrogens is 278 g/mol. The van der Waals surface area contributed by atoms with E-state index in [0.29, 0.717) is 11.6 Å². The number of aromatic carboxylic acids is 1. The van der Waals surface area contributed by atoms with Gasteiger partial charge < -0.3 is 24.7 Å². The van der Waals surface area contributed by atoms with Crippen molar-refractivity contribution in [3.63, 3.8) is 0 Å². The lowest BCUT2D eigenvalue weighted by molar-refractivity contribution is 0.0660. The van der Waals surface area contributed by atoms with E-state index in [0.717, 1.165) is 0 Å². The third-order valence-corrected chi connectivity index (χ3v) is 2.78. The molecule has 0 bridgehead atoms. The first-order chi connectivity index (χ1) is 9.97. The second-order valence-corrected chi connectivity index (χ2v) is 4.42. The minimum Gasteiger partial charge on any atom is -0.475 e. The van der Waals surface area contributed by atoms with Crippen molar-refractivity contribution in [1.82, 2.24) is 25.4 Å². The first-order valence-electron chi connectivity index (χ1n) is 6.17. The molecule has 0 spiro atoms. The quantitative estimate of drug-likeness (QED) is 0.744. The van der Waals surface area contributed by atoms with E-state index in [-0.39, 0.29) is 18.3 Å². The highest BCUT2D eigenvalue weighted by Crippen LogP contribution is 2.08. The molecule has 0 fully saturated rings. The van der Waals surface area contributed by atoms with Gasteiger partial charge in [0.1, 0.15) is 12.1 Å². The Labute approximate surface area is 120 Å². The molecule has 2 rings (SSSR count). The number of aromatic nitrogens is 3. The molecule has 0 aliphatic carbocycles. The molecule has 0 saturated carbocycles. The van der Waals surface area contributed by atoms with Crippen molar-refractivity contribution >= 4 is 12.0 Å². The molecule has 2 aromatic heterocycles. The summed E-state index contributed by atoms with van der Waals surface area (Å²) in [6.07, 6.45) is 1.54. The summed E-state index contributed by atoms with van der Waals surface area (Å²) in [4.78, 5) is 22.4. The van der Waals surface area contributed by atoms with Crippen molar-refractivity contribution in [3.8, 4) is 0 Å². The average Bonchev–Trinajstić information content (AvgIpc) is 3.04. The zero-order valence-electron chi connectivity index (χ0n) is 11.5. The van der Waals surface area contributed by atoms with Gasteiger partial charge in [-0.05, 0) is 19.1 Å². The largest absolute Gasteiger partial charge is 0.475 e. The Hall–Kier alpha value is -2.84. The van der Waals surface area contributed by atoms with Gasteiger partial charge in [-0.2, -0.15) is 0 Å². The Morgan fingerprint density at radius 3 is 2.81 bits per heavy atom. The topological polar surface area (TPSA) is 122 Å². The number of furan rings is 1. The van der Waals surface area contributed by atoms with Crippen LogP contribution in [0.2, 0.25) is 0 Å². The van der Waals surface area contributed by atoms with Crippen LogP contribution in [0.3, 0.4) is 0 Å². The van der Waals surface area contributed by atoms with Crippen molar-refractivity contribution in [2.45, 2.75) is 19.5 Å². The highest BCUT2D eigenvalue weighted by Gasteiger charge is 2.14. The Balaban J connectivity index is 1.84. The number of nitrogens with zero attached hydrogens (tertiary/aromatic N) is 3. The zero-order valence-corrected chi connectivity index (χ0v) is 11.5. The molecule has 0 radical (unpaired) electrons. The fourth-order valence-corrected chi connectivity index (χ4v) is 1.75. The summed E-state index contributed by atoms with van der Waals surface area (Å²) in [5.41, 5.74) is 0. The van der Waals surface area contributed by atoms with Crippen LogP contribution in [0.15, 0.2) is 22.9 Å². The van der Waals surface area contributed by atoms with Gasteiger partial charge in [0.15, 0.2) is 5.82 Å². The summed E-state index contributed by atoms with van der Waals surface area (Å²) in [6.45, 7) is 1.86. The Kier molecular flexibility index (Phi) is 4.21. The van der Waals surface area contributed by atoms with E-state index in [4.69, 9.17) is 9.52 Å². The van der Waals surface area contributed by atoms with Crippen molar-refractivity contribution in [2.24, 2.45) is 7.05 Å². The summed E-state index contributed by atoms with van der Waals surface area (Å²) in [6, 6.07) is 2.09. The van der Waals surface area contributed by atoms with E-state index in [2.05, 4.69) is 20.8 Å². The average molecular weight is 293 g/mol. The van der Waals surface area contributed by atoms with Gasteiger partial charge in [0.05, 0.1) is 12.6 Å².